The second-order valence-corrected chi connectivity index (χ2v) is 14.9. The summed E-state index contributed by atoms with van der Waals surface area (Å²) < 4.78 is 0. The maximum absolute atomic E-state index is 14.2. The molecule has 4 atom stereocenters. The number of carbonyl (C=O) groups is 3. The Hall–Kier alpha value is -3.69. The van der Waals surface area contributed by atoms with Crippen molar-refractivity contribution in [3.8, 4) is 21.1 Å². The molecule has 2 aliphatic rings. The van der Waals surface area contributed by atoms with E-state index in [4.69, 9.17) is 9.97 Å². The molecule has 2 aromatic heterocycles. The van der Waals surface area contributed by atoms with Crippen LogP contribution in [0.1, 0.15) is 123 Å². The number of amides is 2. The third-order valence-electron chi connectivity index (χ3n) is 10.3. The van der Waals surface area contributed by atoms with Gasteiger partial charge in [-0.3, -0.25) is 14.4 Å². The fraction of sp³-hybridized carbons (Fsp3) is 0.462. The quantitative estimate of drug-likeness (QED) is 0.167. The van der Waals surface area contributed by atoms with Crippen molar-refractivity contribution >= 4 is 40.3 Å². The van der Waals surface area contributed by atoms with Crippen molar-refractivity contribution in [2.75, 3.05) is 13.1 Å². The van der Waals surface area contributed by atoms with Crippen LogP contribution in [0, 0.1) is 0 Å². The SMILES string of the molecule is CCC1CCCCN1C(=O)c1csc(-c2ccccc2C(C)C(=O)C(C)c2ccccc2-c2nc(C(=O)N3CCCCC3CC)cs2)n1. The van der Waals surface area contributed by atoms with Crippen molar-refractivity contribution < 1.29 is 14.4 Å². The van der Waals surface area contributed by atoms with E-state index in [1.165, 1.54) is 22.7 Å². The molecule has 0 aliphatic carbocycles. The van der Waals surface area contributed by atoms with Gasteiger partial charge in [-0.15, -0.1) is 22.7 Å². The predicted octanol–water partition coefficient (Wildman–Crippen LogP) is 9.22. The number of nitrogens with zero attached hydrogens (tertiary/aromatic N) is 4. The average Bonchev–Trinajstić information content (AvgIpc) is 3.85. The minimum absolute atomic E-state index is 0.00374. The Labute approximate surface area is 292 Å². The molecule has 4 aromatic rings. The zero-order valence-corrected chi connectivity index (χ0v) is 30.1. The Kier molecular flexibility index (Phi) is 10.9. The standard InChI is InChI=1S/C39H46N4O3S2/c1-5-27-15-11-13-21-42(27)38(45)33-23-47-36(40-33)31-19-9-7-17-29(31)25(3)35(44)26(4)30-18-8-10-20-32(30)37-41-34(24-48-37)39(46)43-22-14-12-16-28(43)6-2/h7-10,17-20,23-28H,5-6,11-16,21-22H2,1-4H3. The van der Waals surface area contributed by atoms with Gasteiger partial charge in [-0.1, -0.05) is 76.2 Å². The Bertz CT molecular complexity index is 1640. The van der Waals surface area contributed by atoms with Gasteiger partial charge >= 0.3 is 0 Å². The first kappa shape index (κ1) is 34.2. The van der Waals surface area contributed by atoms with E-state index >= 15 is 0 Å². The molecule has 2 amide bonds. The van der Waals surface area contributed by atoms with E-state index in [9.17, 15) is 14.4 Å². The molecule has 4 unspecified atom stereocenters. The fourth-order valence-corrected chi connectivity index (χ4v) is 9.17. The van der Waals surface area contributed by atoms with Crippen molar-refractivity contribution in [2.45, 2.75) is 103 Å². The lowest BCUT2D eigenvalue weighted by atomic mass is 9.83. The van der Waals surface area contributed by atoms with Crippen LogP contribution in [0.3, 0.4) is 0 Å². The van der Waals surface area contributed by atoms with E-state index in [2.05, 4.69) is 13.8 Å². The van der Waals surface area contributed by atoms with E-state index in [1.54, 1.807) is 0 Å². The number of rotatable bonds is 10. The maximum Gasteiger partial charge on any atom is 0.273 e. The van der Waals surface area contributed by atoms with Crippen LogP contribution in [0.25, 0.3) is 21.1 Å². The number of hydrogen-bond donors (Lipinski definition) is 0. The summed E-state index contributed by atoms with van der Waals surface area (Å²) in [6.45, 7) is 9.77. The van der Waals surface area contributed by atoms with Crippen molar-refractivity contribution in [1.82, 2.24) is 19.8 Å². The minimum atomic E-state index is -0.405. The third kappa shape index (κ3) is 6.90. The van der Waals surface area contributed by atoms with Crippen molar-refractivity contribution in [3.63, 3.8) is 0 Å². The number of Topliss-reactive ketones (excluding diaryl/α,β-unsaturated/α-hetero) is 1. The van der Waals surface area contributed by atoms with Crippen molar-refractivity contribution in [2.24, 2.45) is 0 Å². The molecule has 2 fully saturated rings. The number of thiazole rings is 2. The number of carbonyl (C=O) groups excluding carboxylic acids is 3. The molecule has 9 heteroatoms. The lowest BCUT2D eigenvalue weighted by molar-refractivity contribution is -0.121. The number of aromatic nitrogens is 2. The smallest absolute Gasteiger partial charge is 0.273 e. The van der Waals surface area contributed by atoms with Gasteiger partial charge in [-0.2, -0.15) is 0 Å². The van der Waals surface area contributed by atoms with Gasteiger partial charge in [0.15, 0.2) is 0 Å². The van der Waals surface area contributed by atoms with E-state index in [1.807, 2.05) is 82.9 Å². The Morgan fingerprint density at radius 2 is 1.10 bits per heavy atom. The number of piperidine rings is 2. The van der Waals surface area contributed by atoms with Crippen LogP contribution in [0.5, 0.6) is 0 Å². The lowest BCUT2D eigenvalue weighted by Crippen LogP contribution is -2.43. The Morgan fingerprint density at radius 3 is 1.52 bits per heavy atom. The van der Waals surface area contributed by atoms with E-state index < -0.39 is 11.8 Å². The first-order chi connectivity index (χ1) is 23.3. The van der Waals surface area contributed by atoms with Gasteiger partial charge in [0, 0.05) is 58.9 Å². The molecular weight excluding hydrogens is 637 g/mol. The van der Waals surface area contributed by atoms with Crippen LogP contribution in [-0.2, 0) is 4.79 Å². The van der Waals surface area contributed by atoms with Crippen LogP contribution in [0.2, 0.25) is 0 Å². The monoisotopic (exact) mass is 682 g/mol. The molecule has 0 radical (unpaired) electrons. The molecule has 2 aliphatic heterocycles. The van der Waals surface area contributed by atoms with Gasteiger partial charge in [0.2, 0.25) is 0 Å². The summed E-state index contributed by atoms with van der Waals surface area (Å²) in [5.41, 5.74) is 4.55. The zero-order valence-electron chi connectivity index (χ0n) is 28.5. The number of ketones is 1. The Balaban J connectivity index is 1.22. The summed E-state index contributed by atoms with van der Waals surface area (Å²) in [7, 11) is 0. The molecule has 2 saturated heterocycles. The Morgan fingerprint density at radius 1 is 0.688 bits per heavy atom. The predicted molar refractivity (Wildman–Crippen MR) is 195 cm³/mol. The van der Waals surface area contributed by atoms with Gasteiger partial charge in [0.05, 0.1) is 0 Å². The van der Waals surface area contributed by atoms with Crippen LogP contribution in [-0.4, -0.2) is 62.5 Å². The summed E-state index contributed by atoms with van der Waals surface area (Å²) in [5, 5.41) is 5.24. The number of hydrogen-bond acceptors (Lipinski definition) is 7. The lowest BCUT2D eigenvalue weighted by Gasteiger charge is -2.34. The van der Waals surface area contributed by atoms with Crippen molar-refractivity contribution in [1.29, 1.82) is 0 Å². The largest absolute Gasteiger partial charge is 0.334 e. The summed E-state index contributed by atoms with van der Waals surface area (Å²) >= 11 is 2.92. The van der Waals surface area contributed by atoms with Crippen LogP contribution in [0.15, 0.2) is 59.3 Å². The summed E-state index contributed by atoms with van der Waals surface area (Å²) in [6.07, 6.45) is 8.38. The maximum atomic E-state index is 14.2. The molecule has 48 heavy (non-hydrogen) atoms. The summed E-state index contributed by atoms with van der Waals surface area (Å²) in [6, 6.07) is 16.4. The van der Waals surface area contributed by atoms with Crippen molar-refractivity contribution in [3.05, 3.63) is 81.8 Å². The first-order valence-corrected chi connectivity index (χ1v) is 19.3. The molecule has 7 nitrogen and oxygen atoms in total. The highest BCUT2D eigenvalue weighted by Crippen LogP contribution is 2.38. The van der Waals surface area contributed by atoms with Gasteiger partial charge < -0.3 is 9.80 Å². The van der Waals surface area contributed by atoms with Crippen LogP contribution < -0.4 is 0 Å². The van der Waals surface area contributed by atoms with E-state index in [0.29, 0.717) is 11.4 Å². The second kappa shape index (κ2) is 15.2. The molecule has 0 saturated carbocycles. The normalized spacial score (nSPS) is 19.6. The van der Waals surface area contributed by atoms with E-state index in [-0.39, 0.29) is 29.7 Å². The van der Waals surface area contributed by atoms with Gasteiger partial charge in [-0.25, -0.2) is 9.97 Å². The van der Waals surface area contributed by atoms with Crippen LogP contribution >= 0.6 is 22.7 Å². The van der Waals surface area contributed by atoms with Gasteiger partial charge in [0.25, 0.3) is 11.8 Å². The highest BCUT2D eigenvalue weighted by molar-refractivity contribution is 7.13. The minimum Gasteiger partial charge on any atom is -0.334 e. The molecule has 0 N–H and O–H groups in total. The summed E-state index contributed by atoms with van der Waals surface area (Å²) in [4.78, 5) is 54.8. The topological polar surface area (TPSA) is 83.5 Å². The first-order valence-electron chi connectivity index (χ1n) is 17.6. The number of likely N-dealkylation sites (tertiary alicyclic amines) is 2. The molecule has 4 heterocycles. The molecule has 6 rings (SSSR count). The summed E-state index contributed by atoms with van der Waals surface area (Å²) in [5.74, 6) is -0.711. The third-order valence-corrected chi connectivity index (χ3v) is 12.1. The molecule has 0 spiro atoms. The van der Waals surface area contributed by atoms with Crippen LogP contribution in [0.4, 0.5) is 0 Å². The fourth-order valence-electron chi connectivity index (χ4n) is 7.49. The highest BCUT2D eigenvalue weighted by Gasteiger charge is 2.31. The molecule has 0 bridgehead atoms. The van der Waals surface area contributed by atoms with Gasteiger partial charge in [-0.05, 0) is 62.5 Å². The van der Waals surface area contributed by atoms with E-state index in [0.717, 1.165) is 96.7 Å². The second-order valence-electron chi connectivity index (χ2n) is 13.2. The average molecular weight is 683 g/mol. The highest BCUT2D eigenvalue weighted by atomic mass is 32.1. The molecule has 252 valence electrons. The molecule has 2 aromatic carbocycles. The van der Waals surface area contributed by atoms with Gasteiger partial charge in [0.1, 0.15) is 27.2 Å². The number of benzene rings is 2. The molecular formula is C39H46N4O3S2. The zero-order chi connectivity index (χ0) is 33.8.